The van der Waals surface area contributed by atoms with Crippen molar-refractivity contribution in [2.24, 2.45) is 0 Å². The molecule has 2 aromatic carbocycles. The summed E-state index contributed by atoms with van der Waals surface area (Å²) < 4.78 is 27.4. The Morgan fingerprint density at radius 2 is 1.67 bits per heavy atom. The lowest BCUT2D eigenvalue weighted by molar-refractivity contribution is -0.117. The molecule has 0 saturated carbocycles. The Bertz CT molecular complexity index is 995. The molecule has 7 heteroatoms. The molecule has 4 rings (SSSR count). The van der Waals surface area contributed by atoms with Gasteiger partial charge in [0.2, 0.25) is 15.9 Å². The topological polar surface area (TPSA) is 60.9 Å². The first-order chi connectivity index (χ1) is 12.9. The molecule has 0 bridgehead atoms. The standard InChI is InChI=1S/C20H23N3O3S/c1-15-5-3-4-6-19(15)27(25,26)23-11-9-22(10-12-23)17-7-8-18-16(13-17)14-20(24)21(18)2/h3-8,13H,9-12,14H2,1-2H3. The average Bonchev–Trinajstić information content (AvgIpc) is 2.95. The van der Waals surface area contributed by atoms with Crippen LogP contribution in [0.4, 0.5) is 11.4 Å². The molecule has 0 atom stereocenters. The lowest BCUT2D eigenvalue weighted by Gasteiger charge is -2.35. The molecule has 2 aliphatic rings. The van der Waals surface area contributed by atoms with E-state index in [1.165, 1.54) is 0 Å². The number of aryl methyl sites for hydroxylation is 1. The van der Waals surface area contributed by atoms with Gasteiger partial charge in [-0.2, -0.15) is 4.31 Å². The van der Waals surface area contributed by atoms with E-state index in [-0.39, 0.29) is 5.91 Å². The number of piperazine rings is 1. The van der Waals surface area contributed by atoms with Gasteiger partial charge in [-0.05, 0) is 42.3 Å². The van der Waals surface area contributed by atoms with Gasteiger partial charge in [-0.1, -0.05) is 18.2 Å². The average molecular weight is 385 g/mol. The predicted molar refractivity (Wildman–Crippen MR) is 106 cm³/mol. The van der Waals surface area contributed by atoms with Gasteiger partial charge in [-0.25, -0.2) is 8.42 Å². The van der Waals surface area contributed by atoms with Crippen molar-refractivity contribution in [1.82, 2.24) is 4.31 Å². The van der Waals surface area contributed by atoms with E-state index in [0.717, 1.165) is 22.5 Å². The first-order valence-corrected chi connectivity index (χ1v) is 10.5. The van der Waals surface area contributed by atoms with Gasteiger partial charge in [0.1, 0.15) is 0 Å². The van der Waals surface area contributed by atoms with Crippen LogP contribution in [-0.2, 0) is 21.2 Å². The molecular formula is C20H23N3O3S. The summed E-state index contributed by atoms with van der Waals surface area (Å²) in [7, 11) is -1.67. The third-order valence-electron chi connectivity index (χ3n) is 5.46. The van der Waals surface area contributed by atoms with E-state index in [1.54, 1.807) is 28.4 Å². The van der Waals surface area contributed by atoms with E-state index in [1.807, 2.05) is 31.2 Å². The van der Waals surface area contributed by atoms with Crippen LogP contribution < -0.4 is 9.80 Å². The minimum absolute atomic E-state index is 0.108. The highest BCUT2D eigenvalue weighted by Gasteiger charge is 2.30. The summed E-state index contributed by atoms with van der Waals surface area (Å²) in [5.41, 5.74) is 3.82. The number of hydrogen-bond acceptors (Lipinski definition) is 4. The number of carbonyl (C=O) groups excluding carboxylic acids is 1. The summed E-state index contributed by atoms with van der Waals surface area (Å²) in [6.07, 6.45) is 0.432. The van der Waals surface area contributed by atoms with E-state index >= 15 is 0 Å². The molecule has 6 nitrogen and oxygen atoms in total. The monoisotopic (exact) mass is 385 g/mol. The third-order valence-corrected chi connectivity index (χ3v) is 7.51. The number of likely N-dealkylation sites (N-methyl/N-ethyl adjacent to an activating group) is 1. The molecule has 0 aliphatic carbocycles. The highest BCUT2D eigenvalue weighted by atomic mass is 32.2. The maximum Gasteiger partial charge on any atom is 0.243 e. The number of fused-ring (bicyclic) bond motifs is 1. The zero-order valence-electron chi connectivity index (χ0n) is 15.6. The predicted octanol–water partition coefficient (Wildman–Crippen LogP) is 2.02. The zero-order chi connectivity index (χ0) is 19.2. The van der Waals surface area contributed by atoms with Crippen molar-refractivity contribution in [3.63, 3.8) is 0 Å². The first kappa shape index (κ1) is 18.0. The van der Waals surface area contributed by atoms with E-state index in [2.05, 4.69) is 11.0 Å². The molecule has 142 valence electrons. The second-order valence-electron chi connectivity index (χ2n) is 7.10. The van der Waals surface area contributed by atoms with Crippen molar-refractivity contribution < 1.29 is 13.2 Å². The number of nitrogens with zero attached hydrogens (tertiary/aromatic N) is 3. The maximum absolute atomic E-state index is 12.9. The molecular weight excluding hydrogens is 362 g/mol. The summed E-state index contributed by atoms with van der Waals surface area (Å²) in [5, 5.41) is 0. The van der Waals surface area contributed by atoms with Crippen LogP contribution in [0.1, 0.15) is 11.1 Å². The van der Waals surface area contributed by atoms with Gasteiger partial charge < -0.3 is 9.80 Å². The lowest BCUT2D eigenvalue weighted by Crippen LogP contribution is -2.48. The van der Waals surface area contributed by atoms with Crippen LogP contribution >= 0.6 is 0 Å². The van der Waals surface area contributed by atoms with Crippen molar-refractivity contribution >= 4 is 27.3 Å². The van der Waals surface area contributed by atoms with E-state index < -0.39 is 10.0 Å². The fourth-order valence-corrected chi connectivity index (χ4v) is 5.47. The van der Waals surface area contributed by atoms with Crippen LogP contribution in [0.2, 0.25) is 0 Å². The molecule has 0 spiro atoms. The lowest BCUT2D eigenvalue weighted by atomic mass is 10.1. The van der Waals surface area contributed by atoms with Crippen molar-refractivity contribution in [1.29, 1.82) is 0 Å². The fraction of sp³-hybridized carbons (Fsp3) is 0.350. The SMILES string of the molecule is Cc1ccccc1S(=O)(=O)N1CCN(c2ccc3c(c2)CC(=O)N3C)CC1. The third kappa shape index (κ3) is 3.11. The zero-order valence-corrected chi connectivity index (χ0v) is 16.4. The molecule has 1 fully saturated rings. The van der Waals surface area contributed by atoms with E-state index in [4.69, 9.17) is 0 Å². The fourth-order valence-electron chi connectivity index (χ4n) is 3.82. The number of sulfonamides is 1. The second-order valence-corrected chi connectivity index (χ2v) is 9.01. The van der Waals surface area contributed by atoms with Crippen LogP contribution in [0, 0.1) is 6.92 Å². The number of carbonyl (C=O) groups is 1. The molecule has 1 saturated heterocycles. The molecule has 27 heavy (non-hydrogen) atoms. The highest BCUT2D eigenvalue weighted by molar-refractivity contribution is 7.89. The van der Waals surface area contributed by atoms with Crippen LogP contribution in [0.5, 0.6) is 0 Å². The van der Waals surface area contributed by atoms with Gasteiger partial charge in [0.15, 0.2) is 0 Å². The van der Waals surface area contributed by atoms with Crippen LogP contribution in [0.3, 0.4) is 0 Å². The number of anilines is 2. The maximum atomic E-state index is 12.9. The number of amides is 1. The molecule has 2 aliphatic heterocycles. The molecule has 1 amide bonds. The molecule has 0 unspecified atom stereocenters. The summed E-state index contributed by atoms with van der Waals surface area (Å²) in [6.45, 7) is 3.99. The van der Waals surface area contributed by atoms with Crippen molar-refractivity contribution in [2.45, 2.75) is 18.2 Å². The van der Waals surface area contributed by atoms with Gasteiger partial charge in [0.05, 0.1) is 11.3 Å². The van der Waals surface area contributed by atoms with Crippen LogP contribution in [0.15, 0.2) is 47.4 Å². The van der Waals surface area contributed by atoms with Crippen LogP contribution in [0.25, 0.3) is 0 Å². The molecule has 0 radical (unpaired) electrons. The summed E-state index contributed by atoms with van der Waals surface area (Å²) in [5.74, 6) is 0.108. The number of hydrogen-bond donors (Lipinski definition) is 0. The normalized spacial score (nSPS) is 18.1. The smallest absolute Gasteiger partial charge is 0.243 e. The van der Waals surface area contributed by atoms with Gasteiger partial charge in [-0.15, -0.1) is 0 Å². The Labute approximate surface area is 160 Å². The number of rotatable bonds is 3. The largest absolute Gasteiger partial charge is 0.369 e. The molecule has 0 aromatic heterocycles. The van der Waals surface area contributed by atoms with Crippen molar-refractivity contribution in [3.05, 3.63) is 53.6 Å². The van der Waals surface area contributed by atoms with Gasteiger partial charge >= 0.3 is 0 Å². The van der Waals surface area contributed by atoms with Crippen molar-refractivity contribution in [3.8, 4) is 0 Å². The van der Waals surface area contributed by atoms with E-state index in [9.17, 15) is 13.2 Å². The van der Waals surface area contributed by atoms with Gasteiger partial charge in [0, 0.05) is 44.6 Å². The second kappa shape index (κ2) is 6.65. The Balaban J connectivity index is 1.49. The first-order valence-electron chi connectivity index (χ1n) is 9.08. The van der Waals surface area contributed by atoms with Gasteiger partial charge in [0.25, 0.3) is 0 Å². The number of benzene rings is 2. The summed E-state index contributed by atoms with van der Waals surface area (Å²) >= 11 is 0. The van der Waals surface area contributed by atoms with Crippen LogP contribution in [-0.4, -0.2) is 51.9 Å². The Morgan fingerprint density at radius 1 is 0.963 bits per heavy atom. The minimum Gasteiger partial charge on any atom is -0.369 e. The molecule has 0 N–H and O–H groups in total. The Hall–Kier alpha value is -2.38. The molecule has 2 aromatic rings. The summed E-state index contributed by atoms with van der Waals surface area (Å²) in [6, 6.07) is 13.2. The Morgan fingerprint density at radius 3 is 2.37 bits per heavy atom. The minimum atomic E-state index is -3.47. The van der Waals surface area contributed by atoms with Crippen molar-refractivity contribution in [2.75, 3.05) is 43.0 Å². The van der Waals surface area contributed by atoms with E-state index in [0.29, 0.717) is 37.5 Å². The Kier molecular flexibility index (Phi) is 4.44. The molecule has 2 heterocycles. The summed E-state index contributed by atoms with van der Waals surface area (Å²) in [4.78, 5) is 16.1. The quantitative estimate of drug-likeness (QED) is 0.811. The highest BCUT2D eigenvalue weighted by Crippen LogP contribution is 2.32. The van der Waals surface area contributed by atoms with Gasteiger partial charge in [-0.3, -0.25) is 4.79 Å².